The van der Waals surface area contributed by atoms with Crippen LogP contribution in [0.3, 0.4) is 0 Å². The largest absolute Gasteiger partial charge is 0.481 e. The van der Waals surface area contributed by atoms with Gasteiger partial charge in [0.05, 0.1) is 5.92 Å². The van der Waals surface area contributed by atoms with Gasteiger partial charge in [0.1, 0.15) is 5.60 Å². The van der Waals surface area contributed by atoms with Crippen LogP contribution in [-0.2, 0) is 9.53 Å². The summed E-state index contributed by atoms with van der Waals surface area (Å²) in [5.74, 6) is -3.48. The molecular weight excluding hydrogens is 210 g/mol. The molecule has 0 radical (unpaired) electrons. The first-order chi connectivity index (χ1) is 8.75. The zero-order chi connectivity index (χ0) is 16.3. The van der Waals surface area contributed by atoms with Crippen molar-refractivity contribution >= 4 is 12.1 Å². The van der Waals surface area contributed by atoms with Gasteiger partial charge in [-0.25, -0.2) is 4.79 Å². The molecule has 5 nitrogen and oxygen atoms in total. The van der Waals surface area contributed by atoms with E-state index in [1.54, 1.807) is 20.8 Å². The maximum Gasteiger partial charge on any atom is 0.407 e. The highest BCUT2D eigenvalue weighted by atomic mass is 16.6. The molecule has 0 bridgehead atoms. The summed E-state index contributed by atoms with van der Waals surface area (Å²) >= 11 is 0. The highest BCUT2D eigenvalue weighted by Crippen LogP contribution is 2.09. The molecule has 0 unspecified atom stereocenters. The number of hydrogen-bond donors (Lipinski definition) is 2. The van der Waals surface area contributed by atoms with E-state index in [0.29, 0.717) is 0 Å². The minimum atomic E-state index is -2.82. The summed E-state index contributed by atoms with van der Waals surface area (Å²) in [6, 6.07) is -0.980. The van der Waals surface area contributed by atoms with Gasteiger partial charge in [0, 0.05) is 11.5 Å². The van der Waals surface area contributed by atoms with Crippen molar-refractivity contribution in [3.05, 3.63) is 0 Å². The monoisotopic (exact) mass is 235 g/mol. The quantitative estimate of drug-likeness (QED) is 0.781. The first-order valence-electron chi connectivity index (χ1n) is 6.98. The average Bonchev–Trinajstić information content (AvgIpc) is 2.10. The molecule has 0 aromatic heterocycles. The van der Waals surface area contributed by atoms with Crippen LogP contribution in [-0.4, -0.2) is 28.8 Å². The molecule has 0 heterocycles. The van der Waals surface area contributed by atoms with Crippen molar-refractivity contribution in [1.82, 2.24) is 5.32 Å². The average molecular weight is 235 g/mol. The van der Waals surface area contributed by atoms with Crippen molar-refractivity contribution in [2.45, 2.75) is 52.6 Å². The Balaban J connectivity index is 4.80. The lowest BCUT2D eigenvalue weighted by Crippen LogP contribution is -2.38. The highest BCUT2D eigenvalue weighted by molar-refractivity contribution is 5.70. The zero-order valence-electron chi connectivity index (χ0n) is 13.9. The molecule has 94 valence electrons. The molecule has 0 saturated heterocycles. The normalized spacial score (nSPS) is 21.5. The Bertz CT molecular complexity index is 364. The van der Waals surface area contributed by atoms with Crippen molar-refractivity contribution in [3.63, 3.8) is 0 Å². The number of alkyl carbamates (subject to hydrolysis) is 1. The van der Waals surface area contributed by atoms with E-state index in [1.807, 2.05) is 0 Å². The lowest BCUT2D eigenvalue weighted by atomic mass is 10.0. The first kappa shape index (κ1) is 8.84. The topological polar surface area (TPSA) is 75.6 Å². The minimum Gasteiger partial charge on any atom is -0.481 e. The van der Waals surface area contributed by atoms with Crippen LogP contribution in [0.1, 0.15) is 46.4 Å². The Kier molecular flexibility index (Phi) is 3.16. The summed E-state index contributed by atoms with van der Waals surface area (Å²) in [5.41, 5.74) is -0.739. The summed E-state index contributed by atoms with van der Waals surface area (Å²) in [7, 11) is 0. The molecule has 2 N–H and O–H groups in total. The number of hydrogen-bond acceptors (Lipinski definition) is 3. The summed E-state index contributed by atoms with van der Waals surface area (Å²) in [5, 5.41) is 11.2. The van der Waals surface area contributed by atoms with Crippen LogP contribution in [0.4, 0.5) is 4.79 Å². The fourth-order valence-electron chi connectivity index (χ4n) is 0.913. The predicted molar refractivity (Wildman–Crippen MR) is 60.2 cm³/mol. The van der Waals surface area contributed by atoms with Gasteiger partial charge >= 0.3 is 12.1 Å². The molecule has 0 aromatic rings. The van der Waals surface area contributed by atoms with E-state index in [4.69, 9.17) is 15.3 Å². The lowest BCUT2D eigenvalue weighted by molar-refractivity contribution is -0.141. The Morgan fingerprint density at radius 3 is 2.50 bits per heavy atom. The molecule has 0 aliphatic rings. The number of ether oxygens (including phenoxy) is 1. The van der Waals surface area contributed by atoms with Crippen LogP contribution < -0.4 is 5.32 Å². The molecule has 0 aliphatic heterocycles. The number of amides is 1. The van der Waals surface area contributed by atoms with Gasteiger partial charge in [0.15, 0.2) is 0 Å². The predicted octanol–water partition coefficient (Wildman–Crippen LogP) is 2.01. The summed E-state index contributed by atoms with van der Waals surface area (Å²) in [6.07, 6.45) is -2.34. The second kappa shape index (κ2) is 5.72. The van der Waals surface area contributed by atoms with E-state index < -0.39 is 42.9 Å². The van der Waals surface area contributed by atoms with Crippen molar-refractivity contribution in [2.75, 3.05) is 0 Å². The van der Waals surface area contributed by atoms with E-state index in [-0.39, 0.29) is 0 Å². The van der Waals surface area contributed by atoms with E-state index in [9.17, 15) is 9.59 Å². The molecule has 0 saturated carbocycles. The Labute approximate surface area is 102 Å². The number of nitrogens with one attached hydrogen (secondary N) is 1. The molecule has 0 rings (SSSR count). The third-order valence-electron chi connectivity index (χ3n) is 1.49. The summed E-state index contributed by atoms with van der Waals surface area (Å²) in [6.45, 7) is 3.50. The number of aliphatic carboxylic acids is 1. The second-order valence-electron chi connectivity index (χ2n) is 4.44. The van der Waals surface area contributed by atoms with Crippen LogP contribution in [0.2, 0.25) is 0 Å². The molecule has 0 fully saturated rings. The summed E-state index contributed by atoms with van der Waals surface area (Å²) < 4.78 is 34.2. The Morgan fingerprint density at radius 1 is 1.56 bits per heavy atom. The third kappa shape index (κ3) is 7.09. The zero-order valence-corrected chi connectivity index (χ0v) is 9.90. The lowest BCUT2D eigenvalue weighted by Gasteiger charge is -2.22. The van der Waals surface area contributed by atoms with Crippen molar-refractivity contribution in [1.29, 1.82) is 0 Å². The van der Waals surface area contributed by atoms with Crippen molar-refractivity contribution < 1.29 is 24.9 Å². The molecule has 0 aliphatic carbocycles. The molecular formula is C11H21NO4. The number of carboxylic acid groups (broad SMARTS) is 1. The van der Waals surface area contributed by atoms with Gasteiger partial charge in [-0.1, -0.05) is 6.85 Å². The summed E-state index contributed by atoms with van der Waals surface area (Å²) in [4.78, 5) is 22.5. The molecule has 5 heteroatoms. The number of carbonyl (C=O) groups excluding carboxylic acids is 1. The first-order valence-corrected chi connectivity index (χ1v) is 4.90. The Hall–Kier alpha value is -1.26. The van der Waals surface area contributed by atoms with Crippen molar-refractivity contribution in [3.8, 4) is 0 Å². The van der Waals surface area contributed by atoms with Gasteiger partial charge in [-0.15, -0.1) is 0 Å². The number of rotatable bonds is 4. The van der Waals surface area contributed by atoms with E-state index >= 15 is 0 Å². The fraction of sp³-hybridized carbons (Fsp3) is 0.818. The van der Waals surface area contributed by atoms with E-state index in [1.165, 1.54) is 6.92 Å². The second-order valence-corrected chi connectivity index (χ2v) is 4.44. The Morgan fingerprint density at radius 2 is 2.12 bits per heavy atom. The third-order valence-corrected chi connectivity index (χ3v) is 1.49. The van der Waals surface area contributed by atoms with Crippen LogP contribution >= 0.6 is 0 Å². The molecule has 0 spiro atoms. The maximum absolute atomic E-state index is 11.5. The smallest absolute Gasteiger partial charge is 0.407 e. The molecule has 3 atom stereocenters. The van der Waals surface area contributed by atoms with Gasteiger partial charge in [-0.05, 0) is 34.1 Å². The van der Waals surface area contributed by atoms with Crippen LogP contribution in [0.15, 0.2) is 0 Å². The fourth-order valence-corrected chi connectivity index (χ4v) is 0.913. The molecule has 0 aromatic carbocycles. The molecule has 1 amide bonds. The number of carbonyl (C=O) groups is 2. The van der Waals surface area contributed by atoms with E-state index in [0.717, 1.165) is 0 Å². The van der Waals surface area contributed by atoms with Gasteiger partial charge in [-0.2, -0.15) is 0 Å². The van der Waals surface area contributed by atoms with Crippen LogP contribution in [0, 0.1) is 5.92 Å². The number of carboxylic acids is 1. The van der Waals surface area contributed by atoms with Gasteiger partial charge in [-0.3, -0.25) is 4.79 Å². The minimum absolute atomic E-state index is 0.739. The standard InChI is InChI=1S/C11H21NO4/c1-7(9(13)14)6-8(2)12-10(15)16-11(3,4)5/h7-8H,6H2,1-5H3,(H,12,15)(H,13,14)/t7-,8+/m0/s1/i1+0D3,6D/t6-,7-,8+. The van der Waals surface area contributed by atoms with E-state index in [2.05, 4.69) is 5.32 Å². The highest BCUT2D eigenvalue weighted by Gasteiger charge is 2.20. The van der Waals surface area contributed by atoms with Gasteiger partial charge < -0.3 is 15.2 Å². The maximum atomic E-state index is 11.5. The van der Waals surface area contributed by atoms with Crippen LogP contribution in [0.5, 0.6) is 0 Å². The van der Waals surface area contributed by atoms with Crippen molar-refractivity contribution in [2.24, 2.45) is 5.92 Å². The van der Waals surface area contributed by atoms with Gasteiger partial charge in [0.2, 0.25) is 0 Å². The SMILES string of the molecule is [2H][C@@H]([C@@H](C(=O)O)[12C]([2H])([2H])[2H])[C@@H](C)NC(=O)OC(C)(C)C. The van der Waals surface area contributed by atoms with Gasteiger partial charge in [0.25, 0.3) is 0 Å². The van der Waals surface area contributed by atoms with Crippen LogP contribution in [0.25, 0.3) is 0 Å². The molecule has 16 heavy (non-hydrogen) atoms.